The highest BCUT2D eigenvalue weighted by Gasteiger charge is 2.37. The summed E-state index contributed by atoms with van der Waals surface area (Å²) < 4.78 is 5.14. The van der Waals surface area contributed by atoms with Crippen LogP contribution in [0.3, 0.4) is 0 Å². The largest absolute Gasteiger partial charge is 0.508 e. The smallest absolute Gasteiger partial charge is 0.407 e. The van der Waals surface area contributed by atoms with Crippen LogP contribution in [0.25, 0.3) is 0 Å². The SMILES string of the molecule is CCC(CNC(=O)OC(C)(C)C)(Cc1cccc(O)c1)C(=O)O. The molecule has 0 saturated carbocycles. The Morgan fingerprint density at radius 2 is 1.91 bits per heavy atom. The lowest BCUT2D eigenvalue weighted by molar-refractivity contribution is -0.148. The summed E-state index contributed by atoms with van der Waals surface area (Å²) in [7, 11) is 0. The number of carboxylic acid groups (broad SMARTS) is 1. The first-order valence-corrected chi connectivity index (χ1v) is 7.56. The van der Waals surface area contributed by atoms with E-state index in [0.29, 0.717) is 12.0 Å². The minimum Gasteiger partial charge on any atom is -0.508 e. The zero-order chi connectivity index (χ0) is 17.7. The number of aliphatic carboxylic acids is 1. The number of amides is 1. The van der Waals surface area contributed by atoms with Gasteiger partial charge in [0.25, 0.3) is 0 Å². The predicted octanol–water partition coefficient (Wildman–Crippen LogP) is 2.94. The van der Waals surface area contributed by atoms with Crippen molar-refractivity contribution in [1.82, 2.24) is 5.32 Å². The fraction of sp³-hybridized carbons (Fsp3) is 0.529. The molecule has 0 aliphatic rings. The van der Waals surface area contributed by atoms with Gasteiger partial charge in [-0.3, -0.25) is 4.79 Å². The molecule has 0 aliphatic heterocycles. The van der Waals surface area contributed by atoms with Gasteiger partial charge in [-0.25, -0.2) is 4.79 Å². The molecule has 1 amide bonds. The zero-order valence-electron chi connectivity index (χ0n) is 14.0. The third-order valence-corrected chi connectivity index (χ3v) is 3.55. The van der Waals surface area contributed by atoms with Gasteiger partial charge < -0.3 is 20.3 Å². The molecule has 1 rings (SSSR count). The molecule has 1 atom stereocenters. The summed E-state index contributed by atoms with van der Waals surface area (Å²) in [4.78, 5) is 23.6. The maximum Gasteiger partial charge on any atom is 0.407 e. The summed E-state index contributed by atoms with van der Waals surface area (Å²) in [6, 6.07) is 6.46. The number of hydrogen-bond acceptors (Lipinski definition) is 4. The second-order valence-electron chi connectivity index (χ2n) is 6.64. The molecule has 0 aromatic heterocycles. The van der Waals surface area contributed by atoms with Crippen molar-refractivity contribution in [2.75, 3.05) is 6.54 Å². The van der Waals surface area contributed by atoms with Crippen LogP contribution < -0.4 is 5.32 Å². The molecule has 1 aromatic carbocycles. The quantitative estimate of drug-likeness (QED) is 0.748. The average Bonchev–Trinajstić information content (AvgIpc) is 2.41. The van der Waals surface area contributed by atoms with Crippen molar-refractivity contribution in [3.05, 3.63) is 29.8 Å². The van der Waals surface area contributed by atoms with Gasteiger partial charge in [-0.15, -0.1) is 0 Å². The Balaban J connectivity index is 2.86. The van der Waals surface area contributed by atoms with E-state index in [9.17, 15) is 19.8 Å². The van der Waals surface area contributed by atoms with E-state index in [1.165, 1.54) is 12.1 Å². The van der Waals surface area contributed by atoms with Gasteiger partial charge in [0.15, 0.2) is 0 Å². The van der Waals surface area contributed by atoms with Crippen molar-refractivity contribution in [3.63, 3.8) is 0 Å². The van der Waals surface area contributed by atoms with E-state index < -0.39 is 23.1 Å². The molecule has 0 fully saturated rings. The summed E-state index contributed by atoms with van der Waals surface area (Å²) in [6.07, 6.45) is -0.121. The van der Waals surface area contributed by atoms with E-state index in [0.717, 1.165) is 0 Å². The van der Waals surface area contributed by atoms with Gasteiger partial charge in [-0.05, 0) is 51.3 Å². The monoisotopic (exact) mass is 323 g/mol. The molecule has 0 radical (unpaired) electrons. The van der Waals surface area contributed by atoms with Crippen LogP contribution in [0.4, 0.5) is 4.79 Å². The average molecular weight is 323 g/mol. The molecule has 6 nitrogen and oxygen atoms in total. The van der Waals surface area contributed by atoms with Crippen LogP contribution in [0.5, 0.6) is 5.75 Å². The van der Waals surface area contributed by atoms with Crippen LogP contribution in [0.15, 0.2) is 24.3 Å². The van der Waals surface area contributed by atoms with Crippen molar-refractivity contribution in [1.29, 1.82) is 0 Å². The number of benzene rings is 1. The first-order valence-electron chi connectivity index (χ1n) is 7.56. The molecule has 1 aromatic rings. The van der Waals surface area contributed by atoms with Crippen LogP contribution >= 0.6 is 0 Å². The first-order chi connectivity index (χ1) is 10.6. The number of ether oxygens (including phenoxy) is 1. The molecule has 128 valence electrons. The van der Waals surface area contributed by atoms with Crippen molar-refractivity contribution >= 4 is 12.1 Å². The van der Waals surface area contributed by atoms with Crippen LogP contribution in [0.2, 0.25) is 0 Å². The fourth-order valence-electron chi connectivity index (χ4n) is 2.23. The minimum atomic E-state index is -1.16. The standard InChI is InChI=1S/C17H25NO5/c1-5-17(14(20)21,10-12-7-6-8-13(19)9-12)11-18-15(22)23-16(2,3)4/h6-9,19H,5,10-11H2,1-4H3,(H,18,22)(H,20,21). The normalized spacial score (nSPS) is 13.9. The molecule has 1 unspecified atom stereocenters. The van der Waals surface area contributed by atoms with Gasteiger partial charge >= 0.3 is 12.1 Å². The summed E-state index contributed by atoms with van der Waals surface area (Å²) in [5, 5.41) is 21.7. The van der Waals surface area contributed by atoms with Crippen LogP contribution in [-0.4, -0.2) is 34.4 Å². The molecule has 0 bridgehead atoms. The van der Waals surface area contributed by atoms with E-state index in [2.05, 4.69) is 5.32 Å². The van der Waals surface area contributed by atoms with E-state index in [1.807, 2.05) is 0 Å². The highest BCUT2D eigenvalue weighted by atomic mass is 16.6. The summed E-state index contributed by atoms with van der Waals surface area (Å²) in [5.74, 6) is -0.919. The number of hydrogen-bond donors (Lipinski definition) is 3. The molecular weight excluding hydrogens is 298 g/mol. The summed E-state index contributed by atoms with van der Waals surface area (Å²) in [5.41, 5.74) is -1.11. The summed E-state index contributed by atoms with van der Waals surface area (Å²) >= 11 is 0. The molecular formula is C17H25NO5. The van der Waals surface area contributed by atoms with Crippen molar-refractivity contribution in [2.24, 2.45) is 5.41 Å². The number of carbonyl (C=O) groups excluding carboxylic acids is 1. The Hall–Kier alpha value is -2.24. The Labute approximate surface area is 136 Å². The van der Waals surface area contributed by atoms with Crippen molar-refractivity contribution in [2.45, 2.75) is 46.1 Å². The fourth-order valence-corrected chi connectivity index (χ4v) is 2.23. The van der Waals surface area contributed by atoms with E-state index in [1.54, 1.807) is 39.8 Å². The van der Waals surface area contributed by atoms with Gasteiger partial charge in [0, 0.05) is 6.54 Å². The maximum atomic E-state index is 11.8. The first kappa shape index (κ1) is 18.8. The Kier molecular flexibility index (Phi) is 6.01. The van der Waals surface area contributed by atoms with E-state index in [-0.39, 0.29) is 18.7 Å². The minimum absolute atomic E-state index is 0.0522. The molecule has 0 heterocycles. The number of aromatic hydroxyl groups is 1. The van der Waals surface area contributed by atoms with Gasteiger partial charge in [0.05, 0.1) is 5.41 Å². The van der Waals surface area contributed by atoms with E-state index in [4.69, 9.17) is 4.74 Å². The number of rotatable bonds is 6. The highest BCUT2D eigenvalue weighted by molar-refractivity contribution is 5.77. The number of phenolic OH excluding ortho intramolecular Hbond substituents is 1. The van der Waals surface area contributed by atoms with Gasteiger partial charge in [0.2, 0.25) is 0 Å². The number of alkyl carbamates (subject to hydrolysis) is 1. The van der Waals surface area contributed by atoms with Crippen LogP contribution in [0, 0.1) is 5.41 Å². The lowest BCUT2D eigenvalue weighted by Gasteiger charge is -2.29. The number of nitrogens with one attached hydrogen (secondary N) is 1. The second-order valence-corrected chi connectivity index (χ2v) is 6.64. The van der Waals surface area contributed by atoms with Crippen molar-refractivity contribution in [3.8, 4) is 5.75 Å². The molecule has 0 saturated heterocycles. The van der Waals surface area contributed by atoms with E-state index >= 15 is 0 Å². The van der Waals surface area contributed by atoms with Gasteiger partial charge in [-0.1, -0.05) is 19.1 Å². The number of phenols is 1. The van der Waals surface area contributed by atoms with Crippen LogP contribution in [0.1, 0.15) is 39.7 Å². The number of carboxylic acids is 1. The topological polar surface area (TPSA) is 95.9 Å². The highest BCUT2D eigenvalue weighted by Crippen LogP contribution is 2.28. The molecule has 0 spiro atoms. The molecule has 3 N–H and O–H groups in total. The van der Waals surface area contributed by atoms with Gasteiger partial charge in [-0.2, -0.15) is 0 Å². The lowest BCUT2D eigenvalue weighted by atomic mass is 9.79. The lowest BCUT2D eigenvalue weighted by Crippen LogP contribution is -2.45. The maximum absolute atomic E-state index is 11.8. The van der Waals surface area contributed by atoms with Crippen molar-refractivity contribution < 1.29 is 24.5 Å². The molecule has 0 aliphatic carbocycles. The molecule has 23 heavy (non-hydrogen) atoms. The Bertz CT molecular complexity index is 564. The number of carbonyl (C=O) groups is 2. The molecule has 6 heteroatoms. The second kappa shape index (κ2) is 7.35. The third kappa shape index (κ3) is 5.81. The third-order valence-electron chi connectivity index (χ3n) is 3.55. The Morgan fingerprint density at radius 3 is 2.39 bits per heavy atom. The van der Waals surface area contributed by atoms with Gasteiger partial charge in [0.1, 0.15) is 11.4 Å². The summed E-state index contributed by atoms with van der Waals surface area (Å²) in [6.45, 7) is 6.92. The zero-order valence-corrected chi connectivity index (χ0v) is 14.0. The van der Waals surface area contributed by atoms with Crippen LogP contribution in [-0.2, 0) is 16.0 Å². The predicted molar refractivity (Wildman–Crippen MR) is 86.4 cm³/mol. The Morgan fingerprint density at radius 1 is 1.26 bits per heavy atom.